The van der Waals surface area contributed by atoms with Crippen LogP contribution in [0.15, 0.2) is 0 Å². The first-order valence-electron chi connectivity index (χ1n) is 5.98. The van der Waals surface area contributed by atoms with E-state index in [9.17, 15) is 0 Å². The molecule has 1 aliphatic carbocycles. The highest BCUT2D eigenvalue weighted by molar-refractivity contribution is 4.93. The number of piperidine rings is 1. The second-order valence-corrected chi connectivity index (χ2v) is 5.21. The largest absolute Gasteiger partial charge is 0.297 e. The molecule has 1 saturated heterocycles. The molecule has 2 bridgehead atoms. The predicted molar refractivity (Wildman–Crippen MR) is 56.8 cm³/mol. The van der Waals surface area contributed by atoms with E-state index in [0.29, 0.717) is 0 Å². The summed E-state index contributed by atoms with van der Waals surface area (Å²) in [5, 5.41) is 0. The summed E-state index contributed by atoms with van der Waals surface area (Å²) in [5.41, 5.74) is 0. The van der Waals surface area contributed by atoms with Crippen LogP contribution >= 0.6 is 0 Å². The molecule has 1 saturated carbocycles. The minimum Gasteiger partial charge on any atom is -0.297 e. The van der Waals surface area contributed by atoms with E-state index in [1.807, 2.05) is 0 Å². The molecule has 1 heteroatoms. The molecule has 2 rings (SSSR count). The molecule has 1 aliphatic heterocycles. The van der Waals surface area contributed by atoms with Crippen molar-refractivity contribution in [2.45, 2.75) is 58.5 Å². The van der Waals surface area contributed by atoms with Gasteiger partial charge in [0.25, 0.3) is 0 Å². The lowest BCUT2D eigenvalue weighted by atomic mass is 9.88. The van der Waals surface area contributed by atoms with E-state index < -0.39 is 0 Å². The van der Waals surface area contributed by atoms with E-state index in [4.69, 9.17) is 0 Å². The smallest absolute Gasteiger partial charge is 0.0124 e. The van der Waals surface area contributed by atoms with Crippen molar-refractivity contribution in [1.82, 2.24) is 4.90 Å². The third-order valence-electron chi connectivity index (χ3n) is 4.10. The highest BCUT2D eigenvalue weighted by atomic mass is 15.2. The fraction of sp³-hybridized carbons (Fsp3) is 1.00. The van der Waals surface area contributed by atoms with Gasteiger partial charge in [-0.2, -0.15) is 0 Å². The van der Waals surface area contributed by atoms with Crippen molar-refractivity contribution in [2.24, 2.45) is 11.8 Å². The Labute approximate surface area is 82.5 Å². The van der Waals surface area contributed by atoms with Gasteiger partial charge in [-0.3, -0.25) is 4.90 Å². The summed E-state index contributed by atoms with van der Waals surface area (Å²) in [4.78, 5) is 2.76. The van der Waals surface area contributed by atoms with E-state index in [1.54, 1.807) is 0 Å². The third kappa shape index (κ3) is 1.63. The van der Waals surface area contributed by atoms with Crippen LogP contribution in [0, 0.1) is 11.8 Å². The first-order valence-corrected chi connectivity index (χ1v) is 5.98. The molecule has 1 nitrogen and oxygen atoms in total. The molecule has 0 aromatic heterocycles. The minimum atomic E-state index is 0.758. The van der Waals surface area contributed by atoms with Crippen LogP contribution in [0.1, 0.15) is 46.5 Å². The van der Waals surface area contributed by atoms with Gasteiger partial charge in [0, 0.05) is 18.6 Å². The monoisotopic (exact) mass is 181 g/mol. The van der Waals surface area contributed by atoms with E-state index in [-0.39, 0.29) is 0 Å². The molecular weight excluding hydrogens is 158 g/mol. The van der Waals surface area contributed by atoms with Gasteiger partial charge in [0.05, 0.1) is 0 Å². The minimum absolute atomic E-state index is 0.758. The Balaban J connectivity index is 2.09. The van der Waals surface area contributed by atoms with E-state index in [2.05, 4.69) is 25.7 Å². The lowest BCUT2D eigenvalue weighted by molar-refractivity contribution is 0.0600. The predicted octanol–water partition coefficient (Wildman–Crippen LogP) is 2.91. The Morgan fingerprint density at radius 1 is 1.31 bits per heavy atom. The van der Waals surface area contributed by atoms with Gasteiger partial charge in [0.1, 0.15) is 0 Å². The normalized spacial score (nSPS) is 40.2. The first kappa shape index (κ1) is 9.51. The Hall–Kier alpha value is -0.0400. The zero-order chi connectivity index (χ0) is 9.42. The molecule has 0 aromatic carbocycles. The summed E-state index contributed by atoms with van der Waals surface area (Å²) >= 11 is 0. The standard InChI is InChI=1S/C12H23N/c1-4-12-11-6-5-10(7-11)8-13(12)9(2)3/h9-12H,4-8H2,1-3H3. The van der Waals surface area contributed by atoms with Crippen molar-refractivity contribution in [3.63, 3.8) is 0 Å². The van der Waals surface area contributed by atoms with E-state index in [0.717, 1.165) is 23.9 Å². The van der Waals surface area contributed by atoms with Crippen molar-refractivity contribution >= 4 is 0 Å². The summed E-state index contributed by atoms with van der Waals surface area (Å²) in [5.74, 6) is 2.07. The molecule has 0 N–H and O–H groups in total. The molecule has 0 amide bonds. The number of hydrogen-bond acceptors (Lipinski definition) is 1. The van der Waals surface area contributed by atoms with Gasteiger partial charge in [-0.1, -0.05) is 6.92 Å². The number of hydrogen-bond donors (Lipinski definition) is 0. The topological polar surface area (TPSA) is 3.24 Å². The highest BCUT2D eigenvalue weighted by Crippen LogP contribution is 2.41. The van der Waals surface area contributed by atoms with Crippen molar-refractivity contribution < 1.29 is 0 Å². The maximum absolute atomic E-state index is 2.76. The maximum atomic E-state index is 2.76. The van der Waals surface area contributed by atoms with Crippen LogP contribution in [0.4, 0.5) is 0 Å². The SMILES string of the molecule is CCC1C2CCC(C2)CN1C(C)C. The van der Waals surface area contributed by atoms with Crippen molar-refractivity contribution in [1.29, 1.82) is 0 Å². The van der Waals surface area contributed by atoms with Gasteiger partial charge < -0.3 is 0 Å². The molecule has 1 heterocycles. The van der Waals surface area contributed by atoms with Crippen LogP contribution in [-0.2, 0) is 0 Å². The second-order valence-electron chi connectivity index (χ2n) is 5.21. The van der Waals surface area contributed by atoms with Crippen LogP contribution in [0.3, 0.4) is 0 Å². The Kier molecular flexibility index (Phi) is 2.64. The molecule has 3 atom stereocenters. The molecule has 0 spiro atoms. The van der Waals surface area contributed by atoms with Gasteiger partial charge in [-0.05, 0) is 51.4 Å². The van der Waals surface area contributed by atoms with Gasteiger partial charge in [0.15, 0.2) is 0 Å². The number of fused-ring (bicyclic) bond motifs is 2. The van der Waals surface area contributed by atoms with Crippen molar-refractivity contribution in [3.8, 4) is 0 Å². The lowest BCUT2D eigenvalue weighted by Gasteiger charge is -2.42. The maximum Gasteiger partial charge on any atom is 0.0124 e. The van der Waals surface area contributed by atoms with Crippen molar-refractivity contribution in [2.75, 3.05) is 6.54 Å². The first-order chi connectivity index (χ1) is 6.22. The van der Waals surface area contributed by atoms with Crippen LogP contribution in [0.25, 0.3) is 0 Å². The molecule has 2 aliphatic rings. The molecule has 13 heavy (non-hydrogen) atoms. The second kappa shape index (κ2) is 3.61. The molecule has 76 valence electrons. The summed E-state index contributed by atoms with van der Waals surface area (Å²) < 4.78 is 0. The van der Waals surface area contributed by atoms with Crippen LogP contribution < -0.4 is 0 Å². The molecular formula is C12H23N. The van der Waals surface area contributed by atoms with E-state index >= 15 is 0 Å². The van der Waals surface area contributed by atoms with E-state index in [1.165, 1.54) is 32.2 Å². The summed E-state index contributed by atoms with van der Waals surface area (Å²) in [7, 11) is 0. The molecule has 0 radical (unpaired) electrons. The van der Waals surface area contributed by atoms with Crippen molar-refractivity contribution in [3.05, 3.63) is 0 Å². The number of likely N-dealkylation sites (tertiary alicyclic amines) is 1. The lowest BCUT2D eigenvalue weighted by Crippen LogP contribution is -2.48. The summed E-state index contributed by atoms with van der Waals surface area (Å²) in [6.07, 6.45) is 5.90. The number of rotatable bonds is 2. The average molecular weight is 181 g/mol. The highest BCUT2D eigenvalue weighted by Gasteiger charge is 2.40. The number of nitrogens with zero attached hydrogens (tertiary/aromatic N) is 1. The molecule has 3 unspecified atom stereocenters. The fourth-order valence-electron chi connectivity index (χ4n) is 3.49. The Bertz CT molecular complexity index is 176. The summed E-state index contributed by atoms with van der Waals surface area (Å²) in [6.45, 7) is 8.45. The van der Waals surface area contributed by atoms with Gasteiger partial charge >= 0.3 is 0 Å². The van der Waals surface area contributed by atoms with Crippen LogP contribution in [0.2, 0.25) is 0 Å². The fourth-order valence-corrected chi connectivity index (χ4v) is 3.49. The van der Waals surface area contributed by atoms with Gasteiger partial charge in [-0.25, -0.2) is 0 Å². The van der Waals surface area contributed by atoms with Crippen LogP contribution in [-0.4, -0.2) is 23.5 Å². The van der Waals surface area contributed by atoms with Crippen LogP contribution in [0.5, 0.6) is 0 Å². The average Bonchev–Trinajstić information content (AvgIpc) is 2.48. The quantitative estimate of drug-likeness (QED) is 0.633. The van der Waals surface area contributed by atoms with Gasteiger partial charge in [0.2, 0.25) is 0 Å². The molecule has 0 aromatic rings. The summed E-state index contributed by atoms with van der Waals surface area (Å²) in [6, 6.07) is 1.66. The Morgan fingerprint density at radius 2 is 2.08 bits per heavy atom. The molecule has 2 fully saturated rings. The Morgan fingerprint density at radius 3 is 2.69 bits per heavy atom. The zero-order valence-electron chi connectivity index (χ0n) is 9.29. The van der Waals surface area contributed by atoms with Gasteiger partial charge in [-0.15, -0.1) is 0 Å². The zero-order valence-corrected chi connectivity index (χ0v) is 9.29. The third-order valence-corrected chi connectivity index (χ3v) is 4.10.